The third-order valence-corrected chi connectivity index (χ3v) is 5.13. The summed E-state index contributed by atoms with van der Waals surface area (Å²) in [5.74, 6) is 1.88. The van der Waals surface area contributed by atoms with Gasteiger partial charge >= 0.3 is 0 Å². The van der Waals surface area contributed by atoms with Crippen LogP contribution in [0.3, 0.4) is 0 Å². The summed E-state index contributed by atoms with van der Waals surface area (Å²) in [5, 5.41) is 6.53. The molecular formula is C21H28FN5O. The quantitative estimate of drug-likeness (QED) is 0.825. The van der Waals surface area contributed by atoms with E-state index >= 15 is 0 Å². The van der Waals surface area contributed by atoms with Gasteiger partial charge in [0.05, 0.1) is 0 Å². The molecule has 1 aliphatic rings. The summed E-state index contributed by atoms with van der Waals surface area (Å²) < 4.78 is 13.7. The molecule has 2 N–H and O–H groups in total. The van der Waals surface area contributed by atoms with Gasteiger partial charge in [-0.25, -0.2) is 14.4 Å². The molecule has 0 unspecified atom stereocenters. The van der Waals surface area contributed by atoms with Gasteiger partial charge in [0.25, 0.3) is 5.91 Å². The number of aromatic nitrogens is 2. The van der Waals surface area contributed by atoms with Crippen molar-refractivity contribution < 1.29 is 9.18 Å². The first-order valence-corrected chi connectivity index (χ1v) is 9.68. The highest BCUT2D eigenvalue weighted by Gasteiger charge is 2.23. The molecule has 0 aliphatic heterocycles. The van der Waals surface area contributed by atoms with Crippen molar-refractivity contribution in [3.8, 4) is 0 Å². The van der Waals surface area contributed by atoms with Crippen LogP contribution < -0.4 is 15.5 Å². The summed E-state index contributed by atoms with van der Waals surface area (Å²) in [4.78, 5) is 23.2. The molecule has 1 aliphatic carbocycles. The van der Waals surface area contributed by atoms with Crippen LogP contribution in [0.25, 0.3) is 0 Å². The number of anilines is 2. The van der Waals surface area contributed by atoms with Gasteiger partial charge in [0.2, 0.25) is 0 Å². The number of nitrogens with one attached hydrogen (secondary N) is 2. The van der Waals surface area contributed by atoms with Gasteiger partial charge in [-0.2, -0.15) is 0 Å². The van der Waals surface area contributed by atoms with Crippen LogP contribution in [0.1, 0.15) is 47.4 Å². The standard InChI is InChI=1S/C21H28FN5O/c1-13-5-6-15(11-18(13)22)21(28)26-17-9-7-16(8-10-17)25-19-12-20(27(3)4)24-14(2)23-19/h5-6,11-12,16-17H,7-10H2,1-4H3,(H,26,28)(H,23,24,25). The van der Waals surface area contributed by atoms with E-state index in [4.69, 9.17) is 0 Å². The van der Waals surface area contributed by atoms with Crippen molar-refractivity contribution in [1.29, 1.82) is 0 Å². The third-order valence-electron chi connectivity index (χ3n) is 5.13. The summed E-state index contributed by atoms with van der Waals surface area (Å²) >= 11 is 0. The maximum Gasteiger partial charge on any atom is 0.251 e. The van der Waals surface area contributed by atoms with Gasteiger partial charge in [-0.3, -0.25) is 4.79 Å². The number of hydrogen-bond acceptors (Lipinski definition) is 5. The summed E-state index contributed by atoms with van der Waals surface area (Å²) in [5.41, 5.74) is 0.913. The number of halogens is 1. The van der Waals surface area contributed by atoms with Crippen molar-refractivity contribution >= 4 is 17.5 Å². The largest absolute Gasteiger partial charge is 0.367 e. The van der Waals surface area contributed by atoms with Gasteiger partial charge in [-0.15, -0.1) is 0 Å². The number of amides is 1. The maximum atomic E-state index is 13.7. The fraction of sp³-hybridized carbons (Fsp3) is 0.476. The van der Waals surface area contributed by atoms with Crippen LogP contribution in [-0.2, 0) is 0 Å². The lowest BCUT2D eigenvalue weighted by Gasteiger charge is -2.30. The first-order valence-electron chi connectivity index (χ1n) is 9.68. The van der Waals surface area contributed by atoms with Crippen LogP contribution in [-0.4, -0.2) is 42.1 Å². The van der Waals surface area contributed by atoms with Crippen molar-refractivity contribution in [3.63, 3.8) is 0 Å². The van der Waals surface area contributed by atoms with E-state index < -0.39 is 0 Å². The second-order valence-corrected chi connectivity index (χ2v) is 7.68. The molecule has 28 heavy (non-hydrogen) atoms. The molecular weight excluding hydrogens is 357 g/mol. The molecule has 3 rings (SSSR count). The summed E-state index contributed by atoms with van der Waals surface area (Å²) in [6.45, 7) is 3.57. The number of nitrogens with zero attached hydrogens (tertiary/aromatic N) is 3. The molecule has 0 spiro atoms. The molecule has 7 heteroatoms. The van der Waals surface area contributed by atoms with Gasteiger partial charge in [0.15, 0.2) is 0 Å². The molecule has 6 nitrogen and oxygen atoms in total. The lowest BCUT2D eigenvalue weighted by atomic mass is 9.91. The second kappa shape index (κ2) is 8.54. The Morgan fingerprint density at radius 3 is 2.39 bits per heavy atom. The highest BCUT2D eigenvalue weighted by Crippen LogP contribution is 2.23. The molecule has 0 radical (unpaired) electrons. The fourth-order valence-corrected chi connectivity index (χ4v) is 3.45. The predicted molar refractivity (Wildman–Crippen MR) is 109 cm³/mol. The van der Waals surface area contributed by atoms with E-state index in [1.807, 2.05) is 32.0 Å². The second-order valence-electron chi connectivity index (χ2n) is 7.68. The normalized spacial score (nSPS) is 19.2. The Morgan fingerprint density at radius 1 is 1.07 bits per heavy atom. The molecule has 0 atom stereocenters. The van der Waals surface area contributed by atoms with Crippen LogP contribution in [0.4, 0.5) is 16.0 Å². The molecule has 1 fully saturated rings. The van der Waals surface area contributed by atoms with Crippen molar-refractivity contribution in [2.75, 3.05) is 24.3 Å². The molecule has 1 amide bonds. The van der Waals surface area contributed by atoms with Crippen LogP contribution in [0.15, 0.2) is 24.3 Å². The summed E-state index contributed by atoms with van der Waals surface area (Å²) in [7, 11) is 3.92. The number of carbonyl (C=O) groups excluding carboxylic acids is 1. The van der Waals surface area contributed by atoms with Crippen LogP contribution in [0.2, 0.25) is 0 Å². The van der Waals surface area contributed by atoms with Crippen LogP contribution >= 0.6 is 0 Å². The maximum absolute atomic E-state index is 13.7. The Bertz CT molecular complexity index is 847. The Labute approximate surface area is 165 Å². The van der Waals surface area contributed by atoms with E-state index in [0.717, 1.165) is 43.1 Å². The van der Waals surface area contributed by atoms with Crippen molar-refractivity contribution in [2.45, 2.75) is 51.6 Å². The van der Waals surface area contributed by atoms with Crippen molar-refractivity contribution in [1.82, 2.24) is 15.3 Å². The zero-order valence-corrected chi connectivity index (χ0v) is 16.9. The fourth-order valence-electron chi connectivity index (χ4n) is 3.45. The van der Waals surface area contributed by atoms with Gasteiger partial charge in [-0.05, 0) is 57.2 Å². The van der Waals surface area contributed by atoms with Crippen molar-refractivity contribution in [3.05, 3.63) is 47.0 Å². The van der Waals surface area contributed by atoms with Gasteiger partial charge in [0.1, 0.15) is 23.3 Å². The molecule has 0 bridgehead atoms. The summed E-state index contributed by atoms with van der Waals surface area (Å²) in [6.07, 6.45) is 3.63. The molecule has 1 heterocycles. The smallest absolute Gasteiger partial charge is 0.251 e. The topological polar surface area (TPSA) is 70.2 Å². The minimum Gasteiger partial charge on any atom is -0.367 e. The molecule has 1 aromatic heterocycles. The Morgan fingerprint density at radius 2 is 1.75 bits per heavy atom. The zero-order chi connectivity index (χ0) is 20.3. The minimum absolute atomic E-state index is 0.111. The van der Waals surface area contributed by atoms with Gasteiger partial charge < -0.3 is 15.5 Å². The van der Waals surface area contributed by atoms with Gasteiger partial charge in [-0.1, -0.05) is 6.07 Å². The number of hydrogen-bond donors (Lipinski definition) is 2. The average Bonchev–Trinajstić information content (AvgIpc) is 2.65. The number of rotatable bonds is 5. The van der Waals surface area contributed by atoms with Crippen LogP contribution in [0, 0.1) is 19.7 Å². The Balaban J connectivity index is 1.53. The monoisotopic (exact) mass is 385 g/mol. The third kappa shape index (κ3) is 4.97. The van der Waals surface area contributed by atoms with Crippen LogP contribution in [0.5, 0.6) is 0 Å². The number of carbonyl (C=O) groups is 1. The first kappa shape index (κ1) is 20.0. The molecule has 1 saturated carbocycles. The molecule has 2 aromatic rings. The van der Waals surface area contributed by atoms with Gasteiger partial charge in [0, 0.05) is 37.8 Å². The SMILES string of the molecule is Cc1nc(NC2CCC(NC(=O)c3ccc(C)c(F)c3)CC2)cc(N(C)C)n1. The first-order chi connectivity index (χ1) is 13.3. The number of benzene rings is 1. The summed E-state index contributed by atoms with van der Waals surface area (Å²) in [6, 6.07) is 6.98. The Hall–Kier alpha value is -2.70. The predicted octanol–water partition coefficient (Wildman–Crippen LogP) is 3.45. The van der Waals surface area contributed by atoms with E-state index in [2.05, 4.69) is 20.6 Å². The Kier molecular flexibility index (Phi) is 6.11. The van der Waals surface area contributed by atoms with E-state index in [-0.39, 0.29) is 17.8 Å². The molecule has 1 aromatic carbocycles. The molecule has 0 saturated heterocycles. The number of aryl methyl sites for hydroxylation is 2. The van der Waals surface area contributed by atoms with E-state index in [9.17, 15) is 9.18 Å². The van der Waals surface area contributed by atoms with E-state index in [1.54, 1.807) is 19.1 Å². The highest BCUT2D eigenvalue weighted by atomic mass is 19.1. The van der Waals surface area contributed by atoms with E-state index in [1.165, 1.54) is 6.07 Å². The average molecular weight is 385 g/mol. The highest BCUT2D eigenvalue weighted by molar-refractivity contribution is 5.94. The lowest BCUT2D eigenvalue weighted by molar-refractivity contribution is 0.0926. The van der Waals surface area contributed by atoms with Crippen molar-refractivity contribution in [2.24, 2.45) is 0 Å². The zero-order valence-electron chi connectivity index (χ0n) is 16.9. The van der Waals surface area contributed by atoms with E-state index in [0.29, 0.717) is 17.2 Å². The minimum atomic E-state index is -0.349. The lowest BCUT2D eigenvalue weighted by Crippen LogP contribution is -2.40. The molecule has 150 valence electrons.